The van der Waals surface area contributed by atoms with E-state index in [9.17, 15) is 0 Å². The number of hydrogen-bond donors (Lipinski definition) is 1. The van der Waals surface area contributed by atoms with Crippen LogP contribution in [-0.2, 0) is 9.47 Å². The van der Waals surface area contributed by atoms with Crippen molar-refractivity contribution in [2.24, 2.45) is 0 Å². The lowest BCUT2D eigenvalue weighted by Gasteiger charge is -2.26. The molecule has 3 nitrogen and oxygen atoms in total. The Bertz CT molecular complexity index is 332. The molecule has 0 saturated heterocycles. The minimum absolute atomic E-state index is 0.0947. The molecule has 0 aliphatic heterocycles. The van der Waals surface area contributed by atoms with Crippen LogP contribution in [0, 0.1) is 0 Å². The standard InChI is InChI=1S/C16H27NO2/c1-16(2,3)17-13-15(19-12-8-11-18-4)14-9-6-5-7-10-14/h5-7,9-10,15,17H,8,11-13H2,1-4H3. The van der Waals surface area contributed by atoms with Crippen LogP contribution in [0.2, 0.25) is 0 Å². The fraction of sp³-hybridized carbons (Fsp3) is 0.625. The van der Waals surface area contributed by atoms with E-state index < -0.39 is 0 Å². The summed E-state index contributed by atoms with van der Waals surface area (Å²) in [5.41, 5.74) is 1.32. The van der Waals surface area contributed by atoms with E-state index in [1.807, 2.05) is 6.07 Å². The Morgan fingerprint density at radius 1 is 1.11 bits per heavy atom. The number of hydrogen-bond acceptors (Lipinski definition) is 3. The fourth-order valence-electron chi connectivity index (χ4n) is 1.77. The first-order valence-corrected chi connectivity index (χ1v) is 6.93. The van der Waals surface area contributed by atoms with E-state index in [0.717, 1.165) is 26.2 Å². The first-order chi connectivity index (χ1) is 9.03. The highest BCUT2D eigenvalue weighted by Crippen LogP contribution is 2.17. The van der Waals surface area contributed by atoms with Crippen LogP contribution in [0.3, 0.4) is 0 Å². The summed E-state index contributed by atoms with van der Waals surface area (Å²) in [6.07, 6.45) is 1.02. The summed E-state index contributed by atoms with van der Waals surface area (Å²) in [7, 11) is 1.72. The minimum Gasteiger partial charge on any atom is -0.385 e. The quantitative estimate of drug-likeness (QED) is 0.732. The van der Waals surface area contributed by atoms with Crippen LogP contribution in [0.1, 0.15) is 38.9 Å². The lowest BCUT2D eigenvalue weighted by atomic mass is 10.1. The van der Waals surface area contributed by atoms with E-state index in [1.54, 1.807) is 7.11 Å². The Labute approximate surface area is 117 Å². The summed E-state index contributed by atoms with van der Waals surface area (Å²) in [6.45, 7) is 8.79. The molecule has 1 aromatic carbocycles. The lowest BCUT2D eigenvalue weighted by Crippen LogP contribution is -2.39. The summed E-state index contributed by atoms with van der Waals surface area (Å²) in [6, 6.07) is 10.4. The van der Waals surface area contributed by atoms with E-state index in [4.69, 9.17) is 9.47 Å². The second kappa shape index (κ2) is 8.31. The zero-order valence-electron chi connectivity index (χ0n) is 12.6. The number of methoxy groups -OCH3 is 1. The molecule has 0 radical (unpaired) electrons. The maximum Gasteiger partial charge on any atom is 0.0949 e. The second-order valence-corrected chi connectivity index (χ2v) is 5.75. The van der Waals surface area contributed by atoms with E-state index in [0.29, 0.717) is 0 Å². The molecule has 3 heteroatoms. The average molecular weight is 265 g/mol. The molecular weight excluding hydrogens is 238 g/mol. The summed E-state index contributed by atoms with van der Waals surface area (Å²) in [5, 5.41) is 3.51. The van der Waals surface area contributed by atoms with Gasteiger partial charge in [-0.15, -0.1) is 0 Å². The SMILES string of the molecule is COCCCOC(CNC(C)(C)C)c1ccccc1. The van der Waals surface area contributed by atoms with Crippen molar-refractivity contribution in [3.63, 3.8) is 0 Å². The molecule has 1 atom stereocenters. The van der Waals surface area contributed by atoms with Crippen molar-refractivity contribution in [2.75, 3.05) is 26.9 Å². The lowest BCUT2D eigenvalue weighted by molar-refractivity contribution is 0.0353. The van der Waals surface area contributed by atoms with E-state index in [1.165, 1.54) is 5.56 Å². The largest absolute Gasteiger partial charge is 0.385 e. The number of ether oxygens (including phenoxy) is 2. The Kier molecular flexibility index (Phi) is 7.06. The van der Waals surface area contributed by atoms with E-state index in [2.05, 4.69) is 50.4 Å². The average Bonchev–Trinajstić information content (AvgIpc) is 2.38. The van der Waals surface area contributed by atoms with Gasteiger partial charge in [-0.2, -0.15) is 0 Å². The molecule has 0 heterocycles. The predicted octanol–water partition coefficient (Wildman–Crippen LogP) is 3.17. The van der Waals surface area contributed by atoms with Crippen LogP contribution >= 0.6 is 0 Å². The van der Waals surface area contributed by atoms with Gasteiger partial charge in [0.15, 0.2) is 0 Å². The molecule has 0 fully saturated rings. The van der Waals surface area contributed by atoms with Crippen molar-refractivity contribution in [1.82, 2.24) is 5.32 Å². The van der Waals surface area contributed by atoms with Crippen LogP contribution in [0.4, 0.5) is 0 Å². The van der Waals surface area contributed by atoms with Gasteiger partial charge in [0.05, 0.1) is 6.10 Å². The number of rotatable bonds is 8. The highest BCUT2D eigenvalue weighted by atomic mass is 16.5. The maximum absolute atomic E-state index is 5.98. The van der Waals surface area contributed by atoms with Gasteiger partial charge in [0.25, 0.3) is 0 Å². The van der Waals surface area contributed by atoms with Crippen LogP contribution in [0.25, 0.3) is 0 Å². The molecule has 108 valence electrons. The zero-order valence-corrected chi connectivity index (χ0v) is 12.6. The van der Waals surface area contributed by atoms with Gasteiger partial charge in [0.1, 0.15) is 0 Å². The topological polar surface area (TPSA) is 30.5 Å². The molecule has 1 unspecified atom stereocenters. The van der Waals surface area contributed by atoms with Crippen LogP contribution < -0.4 is 5.32 Å². The number of nitrogens with one attached hydrogen (secondary N) is 1. The van der Waals surface area contributed by atoms with Gasteiger partial charge in [-0.3, -0.25) is 0 Å². The summed E-state index contributed by atoms with van der Waals surface area (Å²) >= 11 is 0. The normalized spacial score (nSPS) is 13.5. The monoisotopic (exact) mass is 265 g/mol. The molecule has 19 heavy (non-hydrogen) atoms. The molecule has 0 spiro atoms. The molecular formula is C16H27NO2. The fourth-order valence-corrected chi connectivity index (χ4v) is 1.77. The maximum atomic E-state index is 5.98. The highest BCUT2D eigenvalue weighted by molar-refractivity contribution is 5.18. The van der Waals surface area contributed by atoms with Crippen molar-refractivity contribution in [3.8, 4) is 0 Å². The summed E-state index contributed by atoms with van der Waals surface area (Å²) < 4.78 is 11.0. The third kappa shape index (κ3) is 7.31. The van der Waals surface area contributed by atoms with Crippen molar-refractivity contribution < 1.29 is 9.47 Å². The van der Waals surface area contributed by atoms with Crippen molar-refractivity contribution >= 4 is 0 Å². The van der Waals surface area contributed by atoms with Crippen molar-refractivity contribution in [1.29, 1.82) is 0 Å². The first-order valence-electron chi connectivity index (χ1n) is 6.93. The van der Waals surface area contributed by atoms with Gasteiger partial charge in [0, 0.05) is 32.4 Å². The Balaban J connectivity index is 2.53. The molecule has 0 amide bonds. The Morgan fingerprint density at radius 2 is 1.79 bits per heavy atom. The van der Waals surface area contributed by atoms with Crippen molar-refractivity contribution in [2.45, 2.75) is 38.8 Å². The van der Waals surface area contributed by atoms with E-state index in [-0.39, 0.29) is 11.6 Å². The van der Waals surface area contributed by atoms with Gasteiger partial charge in [-0.05, 0) is 32.8 Å². The van der Waals surface area contributed by atoms with Crippen molar-refractivity contribution in [3.05, 3.63) is 35.9 Å². The smallest absolute Gasteiger partial charge is 0.0949 e. The molecule has 0 saturated carbocycles. The third-order valence-electron chi connectivity index (χ3n) is 2.80. The van der Waals surface area contributed by atoms with Gasteiger partial charge in [0.2, 0.25) is 0 Å². The molecule has 1 rings (SSSR count). The third-order valence-corrected chi connectivity index (χ3v) is 2.80. The summed E-state index contributed by atoms with van der Waals surface area (Å²) in [5.74, 6) is 0. The Morgan fingerprint density at radius 3 is 2.37 bits per heavy atom. The van der Waals surface area contributed by atoms with Gasteiger partial charge in [-0.25, -0.2) is 0 Å². The van der Waals surface area contributed by atoms with Gasteiger partial charge < -0.3 is 14.8 Å². The van der Waals surface area contributed by atoms with Crippen LogP contribution in [-0.4, -0.2) is 32.4 Å². The molecule has 0 aromatic heterocycles. The highest BCUT2D eigenvalue weighted by Gasteiger charge is 2.16. The minimum atomic E-state index is 0.0947. The molecule has 0 aliphatic rings. The zero-order chi connectivity index (χ0) is 14.1. The molecule has 0 bridgehead atoms. The first kappa shape index (κ1) is 16.2. The van der Waals surface area contributed by atoms with Gasteiger partial charge in [-0.1, -0.05) is 30.3 Å². The van der Waals surface area contributed by atoms with Crippen LogP contribution in [0.15, 0.2) is 30.3 Å². The molecule has 1 aromatic rings. The Hall–Kier alpha value is -0.900. The molecule has 1 N–H and O–H groups in total. The molecule has 0 aliphatic carbocycles. The van der Waals surface area contributed by atoms with Crippen LogP contribution in [0.5, 0.6) is 0 Å². The predicted molar refractivity (Wildman–Crippen MR) is 79.4 cm³/mol. The van der Waals surface area contributed by atoms with E-state index >= 15 is 0 Å². The second-order valence-electron chi connectivity index (χ2n) is 5.75. The number of benzene rings is 1. The summed E-state index contributed by atoms with van der Waals surface area (Å²) in [4.78, 5) is 0. The van der Waals surface area contributed by atoms with Gasteiger partial charge >= 0.3 is 0 Å².